The molecule has 0 amide bonds. The largest absolute Gasteiger partial charge is 0.475 e. The van der Waals surface area contributed by atoms with E-state index in [4.69, 9.17) is 13.6 Å². The van der Waals surface area contributed by atoms with E-state index in [9.17, 15) is 4.57 Å². The van der Waals surface area contributed by atoms with Crippen molar-refractivity contribution in [2.24, 2.45) is 0 Å². The maximum atomic E-state index is 12.0. The topological polar surface area (TPSA) is 44.8 Å². The molecule has 19 heavy (non-hydrogen) atoms. The summed E-state index contributed by atoms with van der Waals surface area (Å²) in [4.78, 5) is 0. The second-order valence-electron chi connectivity index (χ2n) is 4.45. The van der Waals surface area contributed by atoms with Crippen molar-refractivity contribution < 1.29 is 18.1 Å². The Morgan fingerprint density at radius 2 is 1.58 bits per heavy atom. The van der Waals surface area contributed by atoms with Gasteiger partial charge in [-0.1, -0.05) is 23.3 Å². The van der Waals surface area contributed by atoms with E-state index in [1.165, 1.54) is 11.1 Å². The van der Waals surface area contributed by atoms with Gasteiger partial charge in [-0.15, -0.1) is 0 Å². The van der Waals surface area contributed by atoms with Gasteiger partial charge in [-0.3, -0.25) is 13.6 Å². The smallest absolute Gasteiger partial charge is 0.287 e. The second kappa shape index (κ2) is 10.4. The first kappa shape index (κ1) is 18.6. The van der Waals surface area contributed by atoms with E-state index >= 15 is 0 Å². The zero-order valence-electron chi connectivity index (χ0n) is 12.8. The third-order valence-electron chi connectivity index (χ3n) is 2.33. The van der Waals surface area contributed by atoms with E-state index in [-0.39, 0.29) is 6.61 Å². The van der Waals surface area contributed by atoms with E-state index in [1.807, 2.05) is 13.0 Å². The van der Waals surface area contributed by atoms with Crippen LogP contribution in [0.5, 0.6) is 0 Å². The molecule has 0 aromatic carbocycles. The van der Waals surface area contributed by atoms with Crippen LogP contribution in [-0.2, 0) is 18.1 Å². The van der Waals surface area contributed by atoms with Crippen LogP contribution in [0, 0.1) is 0 Å². The van der Waals surface area contributed by atoms with Crippen molar-refractivity contribution in [1.82, 2.24) is 0 Å². The third kappa shape index (κ3) is 10.1. The Bertz CT molecular complexity index is 333. The SMILES string of the molecule is CCOP(=O)(OCC)OC/C=C(\C)CCC=C(C)C. The van der Waals surface area contributed by atoms with Gasteiger partial charge in [-0.25, -0.2) is 4.57 Å². The lowest BCUT2D eigenvalue weighted by Gasteiger charge is -2.15. The Labute approximate surface area is 117 Å². The summed E-state index contributed by atoms with van der Waals surface area (Å²) in [6.07, 6.45) is 6.11. The molecule has 0 rings (SSSR count). The molecular weight excluding hydrogens is 263 g/mol. The number of rotatable bonds is 10. The van der Waals surface area contributed by atoms with Gasteiger partial charge >= 0.3 is 7.82 Å². The van der Waals surface area contributed by atoms with Crippen LogP contribution in [0.25, 0.3) is 0 Å². The van der Waals surface area contributed by atoms with Gasteiger partial charge in [0.15, 0.2) is 0 Å². The second-order valence-corrected chi connectivity index (χ2v) is 6.12. The first-order valence-electron chi connectivity index (χ1n) is 6.76. The highest BCUT2D eigenvalue weighted by molar-refractivity contribution is 7.48. The Morgan fingerprint density at radius 1 is 1.00 bits per heavy atom. The van der Waals surface area contributed by atoms with Crippen LogP contribution in [0.1, 0.15) is 47.5 Å². The fourth-order valence-corrected chi connectivity index (χ4v) is 2.50. The van der Waals surface area contributed by atoms with Gasteiger partial charge in [0.2, 0.25) is 0 Å². The van der Waals surface area contributed by atoms with Crippen LogP contribution < -0.4 is 0 Å². The lowest BCUT2D eigenvalue weighted by Crippen LogP contribution is -2.00. The van der Waals surface area contributed by atoms with Crippen LogP contribution in [0.15, 0.2) is 23.3 Å². The Balaban J connectivity index is 4.15. The number of phosphoric ester groups is 1. The summed E-state index contributed by atoms with van der Waals surface area (Å²) in [6, 6.07) is 0. The van der Waals surface area contributed by atoms with Crippen LogP contribution in [0.2, 0.25) is 0 Å². The molecule has 0 fully saturated rings. The average Bonchev–Trinajstić information content (AvgIpc) is 2.28. The summed E-state index contributed by atoms with van der Waals surface area (Å²) in [5, 5.41) is 0. The number of phosphoric acid groups is 1. The molecule has 0 bridgehead atoms. The predicted octanol–water partition coefficient (Wildman–Crippen LogP) is 4.88. The van der Waals surface area contributed by atoms with Gasteiger partial charge in [-0.2, -0.15) is 0 Å². The van der Waals surface area contributed by atoms with Crippen LogP contribution in [-0.4, -0.2) is 19.8 Å². The number of hydrogen-bond donors (Lipinski definition) is 0. The normalized spacial score (nSPS) is 12.6. The summed E-state index contributed by atoms with van der Waals surface area (Å²) < 4.78 is 27.3. The molecule has 0 aliphatic heterocycles. The summed E-state index contributed by atoms with van der Waals surface area (Å²) in [7, 11) is -3.37. The molecule has 5 heteroatoms. The highest BCUT2D eigenvalue weighted by Crippen LogP contribution is 2.49. The molecule has 112 valence electrons. The van der Waals surface area contributed by atoms with Crippen LogP contribution in [0.4, 0.5) is 0 Å². The van der Waals surface area contributed by atoms with E-state index in [0.717, 1.165) is 12.8 Å². The summed E-state index contributed by atoms with van der Waals surface area (Å²) in [6.45, 7) is 10.6. The Morgan fingerprint density at radius 3 is 2.05 bits per heavy atom. The molecular formula is C14H27O4P. The summed E-state index contributed by atoms with van der Waals surface area (Å²) in [5.74, 6) is 0. The fourth-order valence-electron chi connectivity index (χ4n) is 1.39. The maximum absolute atomic E-state index is 12.0. The number of allylic oxidation sites excluding steroid dienone is 3. The predicted molar refractivity (Wildman–Crippen MR) is 79.2 cm³/mol. The van der Waals surface area contributed by atoms with Gasteiger partial charge in [0.05, 0.1) is 19.8 Å². The summed E-state index contributed by atoms with van der Waals surface area (Å²) >= 11 is 0. The molecule has 0 saturated carbocycles. The van der Waals surface area contributed by atoms with Gasteiger partial charge in [0.25, 0.3) is 0 Å². The monoisotopic (exact) mass is 290 g/mol. The molecule has 0 aromatic rings. The molecule has 0 aliphatic rings. The van der Waals surface area contributed by atoms with E-state index < -0.39 is 7.82 Å². The lowest BCUT2D eigenvalue weighted by atomic mass is 10.1. The highest BCUT2D eigenvalue weighted by Gasteiger charge is 2.24. The zero-order chi connectivity index (χ0) is 14.7. The van der Waals surface area contributed by atoms with Crippen LogP contribution >= 0.6 is 7.82 Å². The molecule has 0 saturated heterocycles. The standard InChI is InChI=1S/C14H27O4P/c1-6-16-19(15,17-7-2)18-12-11-14(5)10-8-9-13(3)4/h9,11H,6-8,10,12H2,1-5H3/b14-11+. The Kier molecular flexibility index (Phi) is 10.2. The quantitative estimate of drug-likeness (QED) is 0.425. The van der Waals surface area contributed by atoms with Crippen molar-refractivity contribution in [3.63, 3.8) is 0 Å². The van der Waals surface area contributed by atoms with Crippen molar-refractivity contribution in [1.29, 1.82) is 0 Å². The van der Waals surface area contributed by atoms with E-state index in [1.54, 1.807) is 13.8 Å². The van der Waals surface area contributed by atoms with E-state index in [2.05, 4.69) is 19.9 Å². The van der Waals surface area contributed by atoms with Crippen molar-refractivity contribution in [2.45, 2.75) is 47.5 Å². The molecule has 0 atom stereocenters. The molecule has 0 aliphatic carbocycles. The first-order chi connectivity index (χ1) is 8.93. The highest BCUT2D eigenvalue weighted by atomic mass is 31.2. The lowest BCUT2D eigenvalue weighted by molar-refractivity contribution is 0.131. The van der Waals surface area contributed by atoms with Gasteiger partial charge in [0.1, 0.15) is 0 Å². The van der Waals surface area contributed by atoms with Crippen LogP contribution in [0.3, 0.4) is 0 Å². The minimum atomic E-state index is -3.37. The minimum Gasteiger partial charge on any atom is -0.287 e. The molecule has 0 spiro atoms. The van der Waals surface area contributed by atoms with Crippen molar-refractivity contribution in [3.05, 3.63) is 23.3 Å². The molecule has 0 radical (unpaired) electrons. The molecule has 4 nitrogen and oxygen atoms in total. The molecule has 0 heterocycles. The van der Waals surface area contributed by atoms with Crippen molar-refractivity contribution in [2.75, 3.05) is 19.8 Å². The average molecular weight is 290 g/mol. The van der Waals surface area contributed by atoms with Crippen molar-refractivity contribution in [3.8, 4) is 0 Å². The van der Waals surface area contributed by atoms with Crippen molar-refractivity contribution >= 4 is 7.82 Å². The molecule has 0 unspecified atom stereocenters. The van der Waals surface area contributed by atoms with Gasteiger partial charge in [0, 0.05) is 0 Å². The fraction of sp³-hybridized carbons (Fsp3) is 0.714. The molecule has 0 aromatic heterocycles. The first-order valence-corrected chi connectivity index (χ1v) is 8.22. The molecule has 0 N–H and O–H groups in total. The number of hydrogen-bond acceptors (Lipinski definition) is 4. The third-order valence-corrected chi connectivity index (χ3v) is 3.94. The maximum Gasteiger partial charge on any atom is 0.475 e. The summed E-state index contributed by atoms with van der Waals surface area (Å²) in [5.41, 5.74) is 2.53. The van der Waals surface area contributed by atoms with E-state index in [0.29, 0.717) is 13.2 Å². The zero-order valence-corrected chi connectivity index (χ0v) is 13.7. The van der Waals surface area contributed by atoms with Gasteiger partial charge < -0.3 is 0 Å². The minimum absolute atomic E-state index is 0.248. The Hall–Kier alpha value is -0.410. The van der Waals surface area contributed by atoms with Gasteiger partial charge in [-0.05, 0) is 47.5 Å².